The number of hydrogen-bond acceptors (Lipinski definition) is 8. The average Bonchev–Trinajstić information content (AvgIpc) is 3.21. The number of nitrogens with one attached hydrogen (secondary N) is 2. The second-order valence-corrected chi connectivity index (χ2v) is 6.60. The SMILES string of the molecule is C#CCO[C@H]1C(O)[C@@H](CO)O[C@H]1n1cnc2c(=O)[nH]c(NC(=O)C(C)C)nc21. The Balaban J connectivity index is 2.02. The van der Waals surface area contributed by atoms with E-state index < -0.39 is 36.7 Å². The summed E-state index contributed by atoms with van der Waals surface area (Å²) in [6.45, 7) is 2.87. The minimum atomic E-state index is -1.15. The molecule has 150 valence electrons. The molecule has 2 aromatic rings. The van der Waals surface area contributed by atoms with E-state index in [1.54, 1.807) is 13.8 Å². The molecule has 1 aliphatic heterocycles. The smallest absolute Gasteiger partial charge is 0.280 e. The molecule has 0 saturated carbocycles. The number of aromatic nitrogens is 4. The van der Waals surface area contributed by atoms with Gasteiger partial charge in [0.05, 0.1) is 12.9 Å². The molecular weight excluding hydrogens is 370 g/mol. The molecule has 11 nitrogen and oxygen atoms in total. The first-order valence-corrected chi connectivity index (χ1v) is 8.64. The molecule has 0 bridgehead atoms. The Morgan fingerprint density at radius 2 is 2.32 bits per heavy atom. The highest BCUT2D eigenvalue weighted by atomic mass is 16.6. The van der Waals surface area contributed by atoms with E-state index in [-0.39, 0.29) is 35.5 Å². The number of carbonyl (C=O) groups excluding carboxylic acids is 1. The van der Waals surface area contributed by atoms with Crippen LogP contribution in [0.2, 0.25) is 0 Å². The summed E-state index contributed by atoms with van der Waals surface area (Å²) in [5.41, 5.74) is -0.419. The summed E-state index contributed by atoms with van der Waals surface area (Å²) in [6.07, 6.45) is 2.62. The molecule has 1 unspecified atom stereocenters. The van der Waals surface area contributed by atoms with Crippen LogP contribution in [0.5, 0.6) is 0 Å². The maximum absolute atomic E-state index is 12.3. The van der Waals surface area contributed by atoms with Crippen molar-refractivity contribution in [2.45, 2.75) is 38.4 Å². The first-order chi connectivity index (χ1) is 13.4. The molecule has 11 heteroatoms. The van der Waals surface area contributed by atoms with E-state index in [0.29, 0.717) is 0 Å². The van der Waals surface area contributed by atoms with Gasteiger partial charge in [-0.2, -0.15) is 4.98 Å². The maximum Gasteiger partial charge on any atom is 0.280 e. The van der Waals surface area contributed by atoms with Gasteiger partial charge in [-0.15, -0.1) is 6.42 Å². The third-order valence-corrected chi connectivity index (χ3v) is 4.32. The van der Waals surface area contributed by atoms with Crippen molar-refractivity contribution in [3.8, 4) is 12.3 Å². The van der Waals surface area contributed by atoms with Crippen LogP contribution in [-0.2, 0) is 14.3 Å². The summed E-state index contributed by atoms with van der Waals surface area (Å²) in [5.74, 6) is 1.63. The number of ether oxygens (including phenoxy) is 2. The quantitative estimate of drug-likeness (QED) is 0.457. The molecule has 1 aliphatic rings. The van der Waals surface area contributed by atoms with Crippen LogP contribution in [0.15, 0.2) is 11.1 Å². The minimum absolute atomic E-state index is 0.0174. The van der Waals surface area contributed by atoms with Gasteiger partial charge in [0.1, 0.15) is 24.9 Å². The number of H-pyrrole nitrogens is 1. The topological polar surface area (TPSA) is 152 Å². The highest BCUT2D eigenvalue weighted by Crippen LogP contribution is 2.33. The molecular formula is C17H21N5O6. The van der Waals surface area contributed by atoms with E-state index >= 15 is 0 Å². The number of imidazole rings is 1. The predicted molar refractivity (Wildman–Crippen MR) is 97.2 cm³/mol. The van der Waals surface area contributed by atoms with Gasteiger partial charge in [-0.25, -0.2) is 4.98 Å². The lowest BCUT2D eigenvalue weighted by atomic mass is 10.1. The number of amides is 1. The summed E-state index contributed by atoms with van der Waals surface area (Å²) in [5, 5.41) is 22.3. The third-order valence-electron chi connectivity index (χ3n) is 4.32. The van der Waals surface area contributed by atoms with Gasteiger partial charge in [-0.3, -0.25) is 24.5 Å². The van der Waals surface area contributed by atoms with Crippen molar-refractivity contribution in [3.63, 3.8) is 0 Å². The molecule has 0 aliphatic carbocycles. The standard InChI is InChI=1S/C17H21N5O6/c1-4-5-27-12-11(24)9(6-23)28-16(12)22-7-18-10-13(22)19-17(21-15(10)26)20-14(25)8(2)3/h1,7-9,11-12,16,23-24H,5-6H2,2-3H3,(H2,19,20,21,25,26)/t9-,11?,12+,16-/m1/s1. The Bertz CT molecular complexity index is 961. The number of terminal acetylenes is 1. The number of anilines is 1. The van der Waals surface area contributed by atoms with E-state index in [4.69, 9.17) is 15.9 Å². The van der Waals surface area contributed by atoms with Gasteiger partial charge in [0.15, 0.2) is 17.4 Å². The van der Waals surface area contributed by atoms with Crippen LogP contribution in [0.25, 0.3) is 11.2 Å². The fourth-order valence-electron chi connectivity index (χ4n) is 2.85. The molecule has 2 aromatic heterocycles. The normalized spacial score (nSPS) is 24.6. The van der Waals surface area contributed by atoms with Crippen molar-refractivity contribution in [2.75, 3.05) is 18.5 Å². The fourth-order valence-corrected chi connectivity index (χ4v) is 2.85. The van der Waals surface area contributed by atoms with E-state index in [1.807, 2.05) is 0 Å². The van der Waals surface area contributed by atoms with Crippen LogP contribution < -0.4 is 10.9 Å². The lowest BCUT2D eigenvalue weighted by Gasteiger charge is -2.21. The van der Waals surface area contributed by atoms with Crippen LogP contribution in [0, 0.1) is 18.3 Å². The van der Waals surface area contributed by atoms with Gasteiger partial charge in [0, 0.05) is 5.92 Å². The van der Waals surface area contributed by atoms with E-state index in [2.05, 4.69) is 26.2 Å². The lowest BCUT2D eigenvalue weighted by molar-refractivity contribution is -0.118. The third kappa shape index (κ3) is 3.63. The second-order valence-electron chi connectivity index (χ2n) is 6.60. The average molecular weight is 391 g/mol. The molecule has 28 heavy (non-hydrogen) atoms. The number of nitrogens with zero attached hydrogens (tertiary/aromatic N) is 3. The summed E-state index contributed by atoms with van der Waals surface area (Å²) in [4.78, 5) is 35.0. The van der Waals surface area contributed by atoms with Gasteiger partial charge < -0.3 is 19.7 Å². The van der Waals surface area contributed by atoms with Crippen molar-refractivity contribution in [2.24, 2.45) is 5.92 Å². The van der Waals surface area contributed by atoms with Gasteiger partial charge in [0.2, 0.25) is 11.9 Å². The fraction of sp³-hybridized carbons (Fsp3) is 0.529. The van der Waals surface area contributed by atoms with Crippen molar-refractivity contribution in [1.29, 1.82) is 0 Å². The molecule has 4 atom stereocenters. The molecule has 3 heterocycles. The van der Waals surface area contributed by atoms with Crippen molar-refractivity contribution in [1.82, 2.24) is 19.5 Å². The molecule has 4 N–H and O–H groups in total. The summed E-state index contributed by atoms with van der Waals surface area (Å²) >= 11 is 0. The van der Waals surface area contributed by atoms with Crippen molar-refractivity contribution >= 4 is 23.0 Å². The van der Waals surface area contributed by atoms with Crippen LogP contribution in [-0.4, -0.2) is 67.2 Å². The van der Waals surface area contributed by atoms with Crippen molar-refractivity contribution < 1.29 is 24.5 Å². The zero-order valence-electron chi connectivity index (χ0n) is 15.3. The number of aliphatic hydroxyl groups excluding tert-OH is 2. The first kappa shape index (κ1) is 20.0. The molecule has 3 rings (SSSR count). The van der Waals surface area contributed by atoms with E-state index in [0.717, 1.165) is 0 Å². The zero-order valence-corrected chi connectivity index (χ0v) is 15.3. The Labute approximate surface area is 159 Å². The van der Waals surface area contributed by atoms with Crippen LogP contribution in [0.4, 0.5) is 5.95 Å². The Morgan fingerprint density at radius 3 is 2.96 bits per heavy atom. The largest absolute Gasteiger partial charge is 0.394 e. The molecule has 0 aromatic carbocycles. The van der Waals surface area contributed by atoms with Crippen molar-refractivity contribution in [3.05, 3.63) is 16.7 Å². The number of aliphatic hydroxyl groups is 2. The van der Waals surface area contributed by atoms with E-state index in [1.165, 1.54) is 10.9 Å². The second kappa shape index (κ2) is 8.07. The number of fused-ring (bicyclic) bond motifs is 1. The zero-order chi connectivity index (χ0) is 20.4. The predicted octanol–water partition coefficient (Wildman–Crippen LogP) is -1.02. The van der Waals surface area contributed by atoms with E-state index in [9.17, 15) is 19.8 Å². The van der Waals surface area contributed by atoms with Crippen LogP contribution in [0.3, 0.4) is 0 Å². The van der Waals surface area contributed by atoms with Gasteiger partial charge >= 0.3 is 0 Å². The summed E-state index contributed by atoms with van der Waals surface area (Å²) in [6, 6.07) is 0. The Morgan fingerprint density at radius 1 is 1.57 bits per heavy atom. The monoisotopic (exact) mass is 391 g/mol. The number of rotatable bonds is 6. The minimum Gasteiger partial charge on any atom is -0.394 e. The first-order valence-electron chi connectivity index (χ1n) is 8.64. The lowest BCUT2D eigenvalue weighted by Crippen LogP contribution is -2.35. The maximum atomic E-state index is 12.3. The van der Waals surface area contributed by atoms with Crippen LogP contribution >= 0.6 is 0 Å². The Kier molecular flexibility index (Phi) is 5.76. The number of hydrogen-bond donors (Lipinski definition) is 4. The summed E-state index contributed by atoms with van der Waals surface area (Å²) < 4.78 is 12.6. The van der Waals surface area contributed by atoms with Gasteiger partial charge in [-0.05, 0) is 0 Å². The number of aromatic amines is 1. The number of carbonyl (C=O) groups is 1. The highest BCUT2D eigenvalue weighted by Gasteiger charge is 2.45. The highest BCUT2D eigenvalue weighted by molar-refractivity contribution is 5.91. The molecule has 0 spiro atoms. The molecule has 0 radical (unpaired) electrons. The molecule has 1 fully saturated rings. The van der Waals surface area contributed by atoms with Gasteiger partial charge in [0.25, 0.3) is 5.56 Å². The van der Waals surface area contributed by atoms with Gasteiger partial charge in [-0.1, -0.05) is 19.8 Å². The summed E-state index contributed by atoms with van der Waals surface area (Å²) in [7, 11) is 0. The molecule has 1 amide bonds. The molecule has 1 saturated heterocycles. The van der Waals surface area contributed by atoms with Crippen LogP contribution in [0.1, 0.15) is 20.1 Å². The Hall–Kier alpha value is -2.78.